The second-order valence-corrected chi connectivity index (χ2v) is 2.36. The van der Waals surface area contributed by atoms with E-state index < -0.39 is 0 Å². The van der Waals surface area contributed by atoms with Gasteiger partial charge in [-0.05, 0) is 18.6 Å². The summed E-state index contributed by atoms with van der Waals surface area (Å²) in [6.45, 7) is 2.06. The number of rotatable bonds is 1. The van der Waals surface area contributed by atoms with Crippen LogP contribution in [0.25, 0.3) is 0 Å². The molecule has 1 nitrogen and oxygen atoms in total. The van der Waals surface area contributed by atoms with Crippen molar-refractivity contribution in [3.8, 4) is 0 Å². The van der Waals surface area contributed by atoms with E-state index in [1.807, 2.05) is 0 Å². The lowest BCUT2D eigenvalue weighted by Gasteiger charge is -2.00. The van der Waals surface area contributed by atoms with E-state index in [1.54, 1.807) is 7.11 Å². The van der Waals surface area contributed by atoms with Crippen LogP contribution in [0.3, 0.4) is 0 Å². The maximum atomic E-state index is 5.11. The number of hydrogen-bond acceptors (Lipinski definition) is 1. The smallest absolute Gasteiger partial charge is 0.0995 e. The summed E-state index contributed by atoms with van der Waals surface area (Å²) in [5, 5.41) is 0. The summed E-state index contributed by atoms with van der Waals surface area (Å²) in [6.07, 6.45) is 9.18. The summed E-state index contributed by atoms with van der Waals surface area (Å²) < 4.78 is 5.11. The molecule has 1 aliphatic rings. The molecular weight excluding hydrogens is 124 g/mol. The topological polar surface area (TPSA) is 9.23 Å². The van der Waals surface area contributed by atoms with Crippen LogP contribution in [-0.2, 0) is 4.74 Å². The van der Waals surface area contributed by atoms with Crippen LogP contribution in [-0.4, -0.2) is 7.11 Å². The van der Waals surface area contributed by atoms with E-state index in [0.29, 0.717) is 0 Å². The molecular formula is C9H12O. The molecule has 0 saturated carbocycles. The Morgan fingerprint density at radius 2 is 2.30 bits per heavy atom. The van der Waals surface area contributed by atoms with Crippen LogP contribution in [0.2, 0.25) is 0 Å². The van der Waals surface area contributed by atoms with E-state index in [9.17, 15) is 0 Å². The molecule has 54 valence electrons. The molecule has 0 fully saturated rings. The molecule has 10 heavy (non-hydrogen) atoms. The van der Waals surface area contributed by atoms with Gasteiger partial charge in [-0.2, -0.15) is 0 Å². The molecule has 1 aliphatic carbocycles. The number of allylic oxidation sites excluding steroid dienone is 5. The highest BCUT2D eigenvalue weighted by Gasteiger charge is 1.95. The molecule has 0 heterocycles. The highest BCUT2D eigenvalue weighted by molar-refractivity contribution is 5.27. The van der Waals surface area contributed by atoms with Crippen LogP contribution in [0.4, 0.5) is 0 Å². The van der Waals surface area contributed by atoms with Crippen molar-refractivity contribution in [3.05, 3.63) is 35.6 Å². The monoisotopic (exact) mass is 136 g/mol. The van der Waals surface area contributed by atoms with Gasteiger partial charge >= 0.3 is 0 Å². The van der Waals surface area contributed by atoms with E-state index in [-0.39, 0.29) is 0 Å². The number of hydrogen-bond donors (Lipinski definition) is 0. The van der Waals surface area contributed by atoms with Crippen molar-refractivity contribution in [2.45, 2.75) is 13.3 Å². The predicted molar refractivity (Wildman–Crippen MR) is 42.6 cm³/mol. The van der Waals surface area contributed by atoms with Crippen molar-refractivity contribution < 1.29 is 4.74 Å². The standard InChI is InChI=1S/C9H12O/c1-8-5-3-4-6-9(7-8)10-2/h3-5,7H,6H2,1-2H3. The van der Waals surface area contributed by atoms with Gasteiger partial charge in [0.15, 0.2) is 0 Å². The Balaban J connectivity index is 2.77. The van der Waals surface area contributed by atoms with Crippen LogP contribution >= 0.6 is 0 Å². The number of methoxy groups -OCH3 is 1. The van der Waals surface area contributed by atoms with Gasteiger partial charge in [0.1, 0.15) is 0 Å². The van der Waals surface area contributed by atoms with E-state index in [0.717, 1.165) is 12.2 Å². The molecule has 0 aromatic heterocycles. The molecule has 0 amide bonds. The van der Waals surface area contributed by atoms with Gasteiger partial charge < -0.3 is 4.74 Å². The normalized spacial score (nSPS) is 17.4. The van der Waals surface area contributed by atoms with Crippen LogP contribution in [0.15, 0.2) is 35.6 Å². The Labute approximate surface area is 61.7 Å². The highest BCUT2D eigenvalue weighted by atomic mass is 16.5. The van der Waals surface area contributed by atoms with Crippen LogP contribution in [0.1, 0.15) is 13.3 Å². The first-order valence-electron chi connectivity index (χ1n) is 3.41. The zero-order chi connectivity index (χ0) is 7.40. The minimum absolute atomic E-state index is 0.907. The van der Waals surface area contributed by atoms with Crippen molar-refractivity contribution in [1.82, 2.24) is 0 Å². The Kier molecular flexibility index (Phi) is 2.32. The minimum atomic E-state index is 0.907. The summed E-state index contributed by atoms with van der Waals surface area (Å²) in [7, 11) is 1.71. The van der Waals surface area contributed by atoms with Gasteiger partial charge in [-0.25, -0.2) is 0 Å². The molecule has 0 bridgehead atoms. The third kappa shape index (κ3) is 1.76. The summed E-state index contributed by atoms with van der Waals surface area (Å²) in [5.41, 5.74) is 1.24. The van der Waals surface area contributed by atoms with Crippen molar-refractivity contribution in [2.75, 3.05) is 7.11 Å². The summed E-state index contributed by atoms with van der Waals surface area (Å²) in [6, 6.07) is 0. The first-order valence-corrected chi connectivity index (χ1v) is 3.41. The number of ether oxygens (including phenoxy) is 1. The van der Waals surface area contributed by atoms with Gasteiger partial charge in [-0.1, -0.05) is 18.2 Å². The van der Waals surface area contributed by atoms with Crippen LogP contribution < -0.4 is 0 Å². The average Bonchev–Trinajstić information content (AvgIpc) is 2.13. The molecule has 1 heteroatoms. The van der Waals surface area contributed by atoms with E-state index >= 15 is 0 Å². The SMILES string of the molecule is COC1=CC(C)=CC=CC1. The fourth-order valence-electron chi connectivity index (χ4n) is 0.907. The molecule has 1 rings (SSSR count). The largest absolute Gasteiger partial charge is 0.501 e. The third-order valence-electron chi connectivity index (χ3n) is 1.47. The lowest BCUT2D eigenvalue weighted by atomic mass is 10.2. The second-order valence-electron chi connectivity index (χ2n) is 2.36. The molecule has 0 aliphatic heterocycles. The Hall–Kier alpha value is -0.980. The Morgan fingerprint density at radius 1 is 1.50 bits per heavy atom. The fraction of sp³-hybridized carbons (Fsp3) is 0.333. The molecule has 0 saturated heterocycles. The molecule has 0 aromatic rings. The van der Waals surface area contributed by atoms with E-state index in [2.05, 4.69) is 31.2 Å². The van der Waals surface area contributed by atoms with Gasteiger partial charge in [0.05, 0.1) is 12.9 Å². The molecule has 0 N–H and O–H groups in total. The van der Waals surface area contributed by atoms with Crippen molar-refractivity contribution in [1.29, 1.82) is 0 Å². The van der Waals surface area contributed by atoms with Crippen LogP contribution in [0, 0.1) is 0 Å². The first-order chi connectivity index (χ1) is 4.83. The van der Waals surface area contributed by atoms with E-state index in [4.69, 9.17) is 4.74 Å². The molecule has 0 unspecified atom stereocenters. The lowest BCUT2D eigenvalue weighted by molar-refractivity contribution is 0.285. The summed E-state index contributed by atoms with van der Waals surface area (Å²) in [5.74, 6) is 1.03. The van der Waals surface area contributed by atoms with Crippen LogP contribution in [0.5, 0.6) is 0 Å². The maximum Gasteiger partial charge on any atom is 0.0995 e. The third-order valence-corrected chi connectivity index (χ3v) is 1.47. The zero-order valence-electron chi connectivity index (χ0n) is 6.42. The second kappa shape index (κ2) is 3.25. The lowest BCUT2D eigenvalue weighted by Crippen LogP contribution is -1.83. The molecule has 0 atom stereocenters. The van der Waals surface area contributed by atoms with Gasteiger partial charge in [-0.15, -0.1) is 0 Å². The maximum absolute atomic E-state index is 5.11. The Morgan fingerprint density at radius 3 is 3.00 bits per heavy atom. The Bertz CT molecular complexity index is 197. The van der Waals surface area contributed by atoms with Gasteiger partial charge in [0.25, 0.3) is 0 Å². The van der Waals surface area contributed by atoms with Gasteiger partial charge in [0.2, 0.25) is 0 Å². The van der Waals surface area contributed by atoms with Crippen molar-refractivity contribution in [2.24, 2.45) is 0 Å². The summed E-state index contributed by atoms with van der Waals surface area (Å²) >= 11 is 0. The zero-order valence-corrected chi connectivity index (χ0v) is 6.42. The average molecular weight is 136 g/mol. The van der Waals surface area contributed by atoms with Gasteiger partial charge in [-0.3, -0.25) is 0 Å². The quantitative estimate of drug-likeness (QED) is 0.538. The minimum Gasteiger partial charge on any atom is -0.501 e. The van der Waals surface area contributed by atoms with Gasteiger partial charge in [0, 0.05) is 6.42 Å². The fourth-order valence-corrected chi connectivity index (χ4v) is 0.907. The molecule has 0 aromatic carbocycles. The van der Waals surface area contributed by atoms with E-state index in [1.165, 1.54) is 5.57 Å². The van der Waals surface area contributed by atoms with Crippen molar-refractivity contribution in [3.63, 3.8) is 0 Å². The first kappa shape index (κ1) is 7.13. The highest BCUT2D eigenvalue weighted by Crippen LogP contribution is 2.11. The molecule has 0 radical (unpaired) electrons. The summed E-state index contributed by atoms with van der Waals surface area (Å²) in [4.78, 5) is 0. The predicted octanol–water partition coefficient (Wildman–Crippen LogP) is 2.42. The molecule has 0 spiro atoms. The van der Waals surface area contributed by atoms with Crippen molar-refractivity contribution >= 4 is 0 Å².